The zero-order chi connectivity index (χ0) is 18.9. The van der Waals surface area contributed by atoms with Gasteiger partial charge in [0.05, 0.1) is 17.1 Å². The maximum atomic E-state index is 12.3. The number of amides is 1. The fraction of sp³-hybridized carbons (Fsp3) is 0.611. The Hall–Kier alpha value is -1.96. The fourth-order valence-corrected chi connectivity index (χ4v) is 4.88. The van der Waals surface area contributed by atoms with Crippen molar-refractivity contribution >= 4 is 27.5 Å². The lowest BCUT2D eigenvalue weighted by Gasteiger charge is -2.38. The molecule has 0 N–H and O–H groups in total. The molecule has 2 fully saturated rings. The van der Waals surface area contributed by atoms with Crippen LogP contribution in [0.1, 0.15) is 27.2 Å². The Morgan fingerprint density at radius 1 is 1.00 bits per heavy atom. The molecule has 0 aromatic heterocycles. The van der Waals surface area contributed by atoms with Crippen molar-refractivity contribution in [3.05, 3.63) is 24.3 Å². The third-order valence-corrected chi connectivity index (χ3v) is 6.38. The highest BCUT2D eigenvalue weighted by Crippen LogP contribution is 2.34. The van der Waals surface area contributed by atoms with E-state index < -0.39 is 15.6 Å². The summed E-state index contributed by atoms with van der Waals surface area (Å²) in [7, 11) is -3.22. The van der Waals surface area contributed by atoms with Gasteiger partial charge in [0.1, 0.15) is 5.60 Å². The first-order valence-electron chi connectivity index (χ1n) is 9.00. The predicted molar refractivity (Wildman–Crippen MR) is 102 cm³/mol. The summed E-state index contributed by atoms with van der Waals surface area (Å²) in [5.74, 6) is 0.202. The summed E-state index contributed by atoms with van der Waals surface area (Å²) in [6.07, 6.45) is 0.357. The van der Waals surface area contributed by atoms with E-state index in [4.69, 9.17) is 4.74 Å². The molecule has 7 nitrogen and oxygen atoms in total. The van der Waals surface area contributed by atoms with E-state index in [9.17, 15) is 13.2 Å². The number of sulfonamides is 1. The lowest BCUT2D eigenvalue weighted by molar-refractivity contribution is 0.0240. The molecule has 0 saturated carbocycles. The number of hydrogen-bond acceptors (Lipinski definition) is 5. The summed E-state index contributed by atoms with van der Waals surface area (Å²) in [4.78, 5) is 16.1. The minimum absolute atomic E-state index is 0.202. The number of carbonyl (C=O) groups excluding carboxylic acids is 1. The molecule has 3 rings (SSSR count). The number of carbonyl (C=O) groups is 1. The molecule has 1 amide bonds. The van der Waals surface area contributed by atoms with E-state index in [0.717, 1.165) is 11.4 Å². The minimum atomic E-state index is -3.22. The Morgan fingerprint density at radius 3 is 2.15 bits per heavy atom. The Balaban J connectivity index is 1.72. The Morgan fingerprint density at radius 2 is 1.62 bits per heavy atom. The van der Waals surface area contributed by atoms with Gasteiger partial charge in [-0.15, -0.1) is 0 Å². The average Bonchev–Trinajstić information content (AvgIpc) is 2.92. The SMILES string of the molecule is CC(C)(C)OC(=O)N1CCN(c2ccccc2N2CCCS2(=O)=O)CC1. The molecule has 0 unspecified atom stereocenters. The molecule has 0 radical (unpaired) electrons. The first-order valence-corrected chi connectivity index (χ1v) is 10.6. The van der Waals surface area contributed by atoms with E-state index in [1.807, 2.05) is 45.0 Å². The number of rotatable bonds is 2. The molecule has 2 saturated heterocycles. The topological polar surface area (TPSA) is 70.2 Å². The number of ether oxygens (including phenoxy) is 1. The van der Waals surface area contributed by atoms with Crippen LogP contribution >= 0.6 is 0 Å². The molecule has 26 heavy (non-hydrogen) atoms. The molecule has 1 aromatic carbocycles. The molecule has 1 aromatic rings. The zero-order valence-electron chi connectivity index (χ0n) is 15.6. The van der Waals surface area contributed by atoms with Gasteiger partial charge in [-0.1, -0.05) is 12.1 Å². The van der Waals surface area contributed by atoms with Crippen LogP contribution < -0.4 is 9.21 Å². The van der Waals surface area contributed by atoms with Crippen molar-refractivity contribution in [2.45, 2.75) is 32.8 Å². The molecule has 2 heterocycles. The third-order valence-electron chi connectivity index (χ3n) is 4.52. The van der Waals surface area contributed by atoms with Crippen molar-refractivity contribution in [1.82, 2.24) is 4.90 Å². The molecular weight excluding hydrogens is 354 g/mol. The van der Waals surface area contributed by atoms with Crippen LogP contribution in [0, 0.1) is 0 Å². The molecule has 0 aliphatic carbocycles. The van der Waals surface area contributed by atoms with Crippen molar-refractivity contribution in [1.29, 1.82) is 0 Å². The summed E-state index contributed by atoms with van der Waals surface area (Å²) >= 11 is 0. The Labute approximate surface area is 155 Å². The first kappa shape index (κ1) is 18.8. The highest BCUT2D eigenvalue weighted by atomic mass is 32.2. The van der Waals surface area contributed by atoms with E-state index in [1.165, 1.54) is 4.31 Å². The van der Waals surface area contributed by atoms with Gasteiger partial charge in [-0.25, -0.2) is 13.2 Å². The van der Waals surface area contributed by atoms with Crippen molar-refractivity contribution in [3.8, 4) is 0 Å². The van der Waals surface area contributed by atoms with E-state index >= 15 is 0 Å². The highest BCUT2D eigenvalue weighted by Gasteiger charge is 2.32. The van der Waals surface area contributed by atoms with E-state index in [-0.39, 0.29) is 11.8 Å². The maximum absolute atomic E-state index is 12.3. The van der Waals surface area contributed by atoms with Crippen LogP contribution in [0.25, 0.3) is 0 Å². The molecule has 0 spiro atoms. The summed E-state index contributed by atoms with van der Waals surface area (Å²) in [5.41, 5.74) is 1.13. The van der Waals surface area contributed by atoms with Crippen LogP contribution in [0.3, 0.4) is 0 Å². The lowest BCUT2D eigenvalue weighted by atomic mass is 10.2. The summed E-state index contributed by atoms with van der Waals surface area (Å²) in [6.45, 7) is 8.48. The smallest absolute Gasteiger partial charge is 0.410 e. The number of para-hydroxylation sites is 2. The minimum Gasteiger partial charge on any atom is -0.444 e. The van der Waals surface area contributed by atoms with Crippen LogP contribution in [0.5, 0.6) is 0 Å². The van der Waals surface area contributed by atoms with Crippen LogP contribution in [-0.2, 0) is 14.8 Å². The molecule has 144 valence electrons. The second-order valence-electron chi connectivity index (χ2n) is 7.68. The van der Waals surface area contributed by atoms with Crippen molar-refractivity contribution in [2.24, 2.45) is 0 Å². The Bertz CT molecular complexity index is 765. The second kappa shape index (κ2) is 6.98. The molecule has 2 aliphatic rings. The summed E-state index contributed by atoms with van der Waals surface area (Å²) in [5, 5.41) is 0. The summed E-state index contributed by atoms with van der Waals surface area (Å²) in [6, 6.07) is 7.59. The largest absolute Gasteiger partial charge is 0.444 e. The zero-order valence-corrected chi connectivity index (χ0v) is 16.5. The van der Waals surface area contributed by atoms with Gasteiger partial charge >= 0.3 is 6.09 Å². The van der Waals surface area contributed by atoms with Crippen LogP contribution in [0.4, 0.5) is 16.2 Å². The van der Waals surface area contributed by atoms with Gasteiger partial charge in [0.2, 0.25) is 10.0 Å². The van der Waals surface area contributed by atoms with E-state index in [0.29, 0.717) is 39.1 Å². The average molecular weight is 381 g/mol. The van der Waals surface area contributed by atoms with Crippen molar-refractivity contribution < 1.29 is 17.9 Å². The third kappa shape index (κ3) is 4.06. The van der Waals surface area contributed by atoms with Crippen molar-refractivity contribution in [3.63, 3.8) is 0 Å². The van der Waals surface area contributed by atoms with Crippen LogP contribution in [-0.4, -0.2) is 63.5 Å². The first-order chi connectivity index (χ1) is 12.2. The van der Waals surface area contributed by atoms with Gasteiger partial charge < -0.3 is 14.5 Å². The van der Waals surface area contributed by atoms with Crippen LogP contribution in [0.15, 0.2) is 24.3 Å². The number of nitrogens with zero attached hydrogens (tertiary/aromatic N) is 3. The van der Waals surface area contributed by atoms with Crippen LogP contribution in [0.2, 0.25) is 0 Å². The maximum Gasteiger partial charge on any atom is 0.410 e. The second-order valence-corrected chi connectivity index (χ2v) is 9.70. The number of anilines is 2. The predicted octanol–water partition coefficient (Wildman–Crippen LogP) is 2.28. The van der Waals surface area contributed by atoms with Gasteiger partial charge in [-0.3, -0.25) is 4.31 Å². The number of piperazine rings is 1. The molecule has 0 atom stereocenters. The van der Waals surface area contributed by atoms with Gasteiger partial charge in [0, 0.05) is 32.7 Å². The number of hydrogen-bond donors (Lipinski definition) is 0. The van der Waals surface area contributed by atoms with Gasteiger partial charge in [0.15, 0.2) is 0 Å². The quantitative estimate of drug-likeness (QED) is 0.786. The van der Waals surface area contributed by atoms with E-state index in [1.54, 1.807) is 4.90 Å². The molecular formula is C18H27N3O4S. The highest BCUT2D eigenvalue weighted by molar-refractivity contribution is 7.93. The lowest BCUT2D eigenvalue weighted by Crippen LogP contribution is -2.50. The van der Waals surface area contributed by atoms with E-state index in [2.05, 4.69) is 4.90 Å². The summed E-state index contributed by atoms with van der Waals surface area (Å²) < 4.78 is 31.6. The normalized spacial score (nSPS) is 20.3. The molecule has 2 aliphatic heterocycles. The number of benzene rings is 1. The van der Waals surface area contributed by atoms with Gasteiger partial charge in [-0.05, 0) is 39.3 Å². The molecule has 8 heteroatoms. The fourth-order valence-electron chi connectivity index (χ4n) is 3.31. The monoisotopic (exact) mass is 381 g/mol. The van der Waals surface area contributed by atoms with Crippen molar-refractivity contribution in [2.75, 3.05) is 47.7 Å². The molecule has 0 bridgehead atoms. The van der Waals surface area contributed by atoms with Gasteiger partial charge in [0.25, 0.3) is 0 Å². The Kier molecular flexibility index (Phi) is 5.05. The standard InChI is InChI=1S/C18H27N3O4S/c1-18(2,3)25-17(22)20-12-10-19(11-13-20)15-7-4-5-8-16(15)21-9-6-14-26(21,23)24/h4-5,7-8H,6,9-14H2,1-3H3. The van der Waals surface area contributed by atoms with Gasteiger partial charge in [-0.2, -0.15) is 0 Å².